The number of amides is 1. The smallest absolute Gasteiger partial charge is 0.254 e. The van der Waals surface area contributed by atoms with Gasteiger partial charge in [-0.2, -0.15) is 0 Å². The van der Waals surface area contributed by atoms with Gasteiger partial charge >= 0.3 is 0 Å². The van der Waals surface area contributed by atoms with Gasteiger partial charge in [-0.05, 0) is 24.1 Å². The van der Waals surface area contributed by atoms with Crippen LogP contribution in [-0.2, 0) is 6.54 Å². The van der Waals surface area contributed by atoms with Gasteiger partial charge in [-0.15, -0.1) is 0 Å². The molecule has 1 atom stereocenters. The second-order valence-electron chi connectivity index (χ2n) is 5.09. The molecule has 1 aliphatic heterocycles. The van der Waals surface area contributed by atoms with Gasteiger partial charge in [0.05, 0.1) is 18.7 Å². The van der Waals surface area contributed by atoms with Crippen LogP contribution in [0, 0.1) is 0 Å². The Balaban J connectivity index is 1.64. The zero-order valence-electron chi connectivity index (χ0n) is 11.7. The molecule has 0 bridgehead atoms. The third-order valence-electron chi connectivity index (χ3n) is 3.71. The van der Waals surface area contributed by atoms with E-state index >= 15 is 0 Å². The Bertz CT molecular complexity index is 636. The highest BCUT2D eigenvalue weighted by atomic mass is 16.5. The zero-order valence-corrected chi connectivity index (χ0v) is 11.7. The highest BCUT2D eigenvalue weighted by molar-refractivity contribution is 5.94. The summed E-state index contributed by atoms with van der Waals surface area (Å²) in [6.45, 7) is 1.56. The number of furan rings is 1. The number of para-hydroxylation sites is 1. The molecule has 0 fully saturated rings. The van der Waals surface area contributed by atoms with Gasteiger partial charge < -0.3 is 20.2 Å². The van der Waals surface area contributed by atoms with Gasteiger partial charge in [0.25, 0.3) is 5.91 Å². The van der Waals surface area contributed by atoms with E-state index in [-0.39, 0.29) is 11.8 Å². The molecule has 0 radical (unpaired) electrons. The molecule has 0 aliphatic carbocycles. The number of ether oxygens (including phenoxy) is 1. The molecular weight excluding hydrogens is 268 g/mol. The second kappa shape index (κ2) is 6.01. The predicted octanol–water partition coefficient (Wildman–Crippen LogP) is 2.03. The van der Waals surface area contributed by atoms with E-state index in [2.05, 4.69) is 11.4 Å². The van der Waals surface area contributed by atoms with Crippen LogP contribution in [0.1, 0.15) is 34.0 Å². The average molecular weight is 286 g/mol. The molecule has 5 heteroatoms. The largest absolute Gasteiger partial charge is 0.493 e. The van der Waals surface area contributed by atoms with E-state index in [1.54, 1.807) is 6.07 Å². The molecule has 3 rings (SSSR count). The van der Waals surface area contributed by atoms with E-state index in [9.17, 15) is 4.79 Å². The second-order valence-corrected chi connectivity index (χ2v) is 5.09. The lowest BCUT2D eigenvalue weighted by Gasteiger charge is -2.25. The summed E-state index contributed by atoms with van der Waals surface area (Å²) in [7, 11) is 0. The standard InChI is InChI=1S/C16H18N2O3/c17-8-13-7-12(10-21-13)16(19)18-9-11-5-6-20-15-4-2-1-3-14(11)15/h1-4,7,10-11H,5-6,8-9,17H2,(H,18,19)/t11-/m1/s1. The van der Waals surface area contributed by atoms with Crippen molar-refractivity contribution in [3.8, 4) is 5.75 Å². The van der Waals surface area contributed by atoms with Gasteiger partial charge in [-0.3, -0.25) is 4.79 Å². The van der Waals surface area contributed by atoms with Crippen LogP contribution >= 0.6 is 0 Å². The Labute approximate surface area is 123 Å². The molecule has 2 heterocycles. The van der Waals surface area contributed by atoms with Gasteiger partial charge in [0.1, 0.15) is 17.8 Å². The fourth-order valence-corrected chi connectivity index (χ4v) is 2.55. The first-order valence-electron chi connectivity index (χ1n) is 7.05. The minimum absolute atomic E-state index is 0.137. The van der Waals surface area contributed by atoms with Gasteiger partial charge in [-0.25, -0.2) is 0 Å². The van der Waals surface area contributed by atoms with Crippen molar-refractivity contribution in [2.75, 3.05) is 13.2 Å². The monoisotopic (exact) mass is 286 g/mol. The summed E-state index contributed by atoms with van der Waals surface area (Å²) in [4.78, 5) is 12.1. The number of nitrogens with one attached hydrogen (secondary N) is 1. The zero-order chi connectivity index (χ0) is 14.7. The van der Waals surface area contributed by atoms with Crippen LogP contribution in [0.4, 0.5) is 0 Å². The number of hydrogen-bond acceptors (Lipinski definition) is 4. The number of hydrogen-bond donors (Lipinski definition) is 2. The first-order chi connectivity index (χ1) is 10.3. The van der Waals surface area contributed by atoms with Crippen molar-refractivity contribution >= 4 is 5.91 Å². The SMILES string of the molecule is NCc1cc(C(=O)NC[C@H]2CCOc3ccccc32)co1. The van der Waals surface area contributed by atoms with E-state index in [1.165, 1.54) is 6.26 Å². The molecule has 1 aromatic heterocycles. The van der Waals surface area contributed by atoms with Crippen molar-refractivity contribution in [3.05, 3.63) is 53.5 Å². The van der Waals surface area contributed by atoms with E-state index < -0.39 is 0 Å². The van der Waals surface area contributed by atoms with Crippen molar-refractivity contribution in [2.45, 2.75) is 18.9 Å². The van der Waals surface area contributed by atoms with Crippen molar-refractivity contribution in [1.29, 1.82) is 0 Å². The highest BCUT2D eigenvalue weighted by Crippen LogP contribution is 2.32. The third kappa shape index (κ3) is 2.92. The number of carbonyl (C=O) groups excluding carboxylic acids is 1. The lowest BCUT2D eigenvalue weighted by atomic mass is 9.93. The molecule has 1 aliphatic rings. The Morgan fingerprint density at radius 1 is 1.38 bits per heavy atom. The van der Waals surface area contributed by atoms with Gasteiger partial charge in [0.2, 0.25) is 0 Å². The highest BCUT2D eigenvalue weighted by Gasteiger charge is 2.21. The van der Waals surface area contributed by atoms with Gasteiger partial charge in [-0.1, -0.05) is 18.2 Å². The van der Waals surface area contributed by atoms with Crippen LogP contribution in [0.25, 0.3) is 0 Å². The number of nitrogens with two attached hydrogens (primary N) is 1. The maximum Gasteiger partial charge on any atom is 0.254 e. The van der Waals surface area contributed by atoms with Gasteiger partial charge in [0, 0.05) is 12.5 Å². The molecule has 0 unspecified atom stereocenters. The van der Waals surface area contributed by atoms with E-state index in [4.69, 9.17) is 14.9 Å². The predicted molar refractivity (Wildman–Crippen MR) is 78.2 cm³/mol. The summed E-state index contributed by atoms with van der Waals surface area (Å²) in [5.74, 6) is 1.66. The number of fused-ring (bicyclic) bond motifs is 1. The minimum Gasteiger partial charge on any atom is -0.493 e. The Morgan fingerprint density at radius 2 is 2.24 bits per heavy atom. The minimum atomic E-state index is -0.137. The molecule has 3 N–H and O–H groups in total. The maximum absolute atomic E-state index is 12.1. The Kier molecular flexibility index (Phi) is 3.92. The lowest BCUT2D eigenvalue weighted by molar-refractivity contribution is 0.0947. The summed E-state index contributed by atoms with van der Waals surface area (Å²) < 4.78 is 10.8. The van der Waals surface area contributed by atoms with Crippen molar-refractivity contribution < 1.29 is 13.9 Å². The van der Waals surface area contributed by atoms with E-state index in [0.29, 0.717) is 31.0 Å². The molecule has 0 saturated heterocycles. The average Bonchev–Trinajstić information content (AvgIpc) is 3.01. The summed E-state index contributed by atoms with van der Waals surface area (Å²) >= 11 is 0. The molecule has 21 heavy (non-hydrogen) atoms. The number of benzene rings is 1. The van der Waals surface area contributed by atoms with Crippen LogP contribution in [0.15, 0.2) is 41.0 Å². The Hall–Kier alpha value is -2.27. The lowest BCUT2D eigenvalue weighted by Crippen LogP contribution is -2.30. The summed E-state index contributed by atoms with van der Waals surface area (Å²) in [6.07, 6.45) is 2.34. The van der Waals surface area contributed by atoms with E-state index in [0.717, 1.165) is 17.7 Å². The summed E-state index contributed by atoms with van der Waals surface area (Å²) in [6, 6.07) is 9.64. The molecule has 0 spiro atoms. The number of rotatable bonds is 4. The van der Waals surface area contributed by atoms with Gasteiger partial charge in [0.15, 0.2) is 0 Å². The topological polar surface area (TPSA) is 77.5 Å². The molecule has 1 amide bonds. The first-order valence-corrected chi connectivity index (χ1v) is 7.05. The van der Waals surface area contributed by atoms with Crippen LogP contribution in [0.3, 0.4) is 0 Å². The molecule has 1 aromatic carbocycles. The molecule has 2 aromatic rings. The van der Waals surface area contributed by atoms with Crippen LogP contribution < -0.4 is 15.8 Å². The quantitative estimate of drug-likeness (QED) is 0.901. The van der Waals surface area contributed by atoms with Crippen molar-refractivity contribution in [3.63, 3.8) is 0 Å². The molecule has 5 nitrogen and oxygen atoms in total. The first kappa shape index (κ1) is 13.7. The molecular formula is C16H18N2O3. The third-order valence-corrected chi connectivity index (χ3v) is 3.71. The Morgan fingerprint density at radius 3 is 3.05 bits per heavy atom. The fourth-order valence-electron chi connectivity index (χ4n) is 2.55. The fraction of sp³-hybridized carbons (Fsp3) is 0.312. The van der Waals surface area contributed by atoms with Crippen molar-refractivity contribution in [2.24, 2.45) is 5.73 Å². The normalized spacial score (nSPS) is 16.9. The summed E-state index contributed by atoms with van der Waals surface area (Å²) in [5.41, 5.74) is 7.13. The molecule has 0 saturated carbocycles. The number of carbonyl (C=O) groups is 1. The van der Waals surface area contributed by atoms with E-state index in [1.807, 2.05) is 18.2 Å². The van der Waals surface area contributed by atoms with Crippen LogP contribution in [0.2, 0.25) is 0 Å². The summed E-state index contributed by atoms with van der Waals surface area (Å²) in [5, 5.41) is 2.95. The van der Waals surface area contributed by atoms with Crippen molar-refractivity contribution in [1.82, 2.24) is 5.32 Å². The van der Waals surface area contributed by atoms with Crippen LogP contribution in [0.5, 0.6) is 5.75 Å². The maximum atomic E-state index is 12.1. The molecule has 110 valence electrons. The van der Waals surface area contributed by atoms with Crippen LogP contribution in [-0.4, -0.2) is 19.1 Å².